The van der Waals surface area contributed by atoms with Gasteiger partial charge in [0.2, 0.25) is 5.91 Å². The Labute approximate surface area is 227 Å². The minimum Gasteiger partial charge on any atom is -0.473 e. The molecule has 0 radical (unpaired) electrons. The molecule has 1 aromatic carbocycles. The maximum atomic E-state index is 13.4. The number of piperidine rings is 1. The summed E-state index contributed by atoms with van der Waals surface area (Å²) in [5.41, 5.74) is 2.92. The van der Waals surface area contributed by atoms with Crippen molar-refractivity contribution in [3.8, 4) is 0 Å². The van der Waals surface area contributed by atoms with Crippen LogP contribution in [0.15, 0.2) is 22.7 Å². The van der Waals surface area contributed by atoms with Crippen molar-refractivity contribution in [2.75, 3.05) is 25.0 Å². The molecule has 1 fully saturated rings. The normalized spacial score (nSPS) is 16.1. The van der Waals surface area contributed by atoms with E-state index in [0.717, 1.165) is 83.8 Å². The predicted octanol–water partition coefficient (Wildman–Crippen LogP) is 4.61. The number of carboxylic acid groups (broad SMARTS) is 2. The number of aryl methyl sites for hydroxylation is 2. The number of carboxylic acids is 2. The number of carbonyl (C=O) groups is 4. The van der Waals surface area contributed by atoms with Gasteiger partial charge in [-0.05, 0) is 70.8 Å². The standard InChI is InChI=1S/C25H28FN3O3S.C2H2O4/c1-15-23(25-21(33-15)5-2-6-22(31)27-25)19(30)4-3-11-29-12-9-16(10-13-29)24-18-8-7-17(26)14-20(18)32-28-24;3-1(4)2(5)6/h7-8,14,16H,2-6,9-13H2,1H3,(H,27,31);(H,3,4)(H,5,6). The number of hydrogen-bond acceptors (Lipinski definition) is 8. The number of ketones is 1. The van der Waals surface area contributed by atoms with Gasteiger partial charge in [-0.1, -0.05) is 5.16 Å². The molecule has 0 aliphatic carbocycles. The summed E-state index contributed by atoms with van der Waals surface area (Å²) in [5, 5.41) is 22.9. The topological polar surface area (TPSA) is 150 Å². The van der Waals surface area contributed by atoms with Gasteiger partial charge in [0.1, 0.15) is 5.82 Å². The molecule has 12 heteroatoms. The SMILES string of the molecule is Cc1sc2c(c1C(=O)CCCN1CCC(c3noc4cc(F)ccc34)CC1)NC(=O)CCC2.O=C(O)C(=O)O. The fraction of sp³-hybridized carbons (Fsp3) is 0.444. The van der Waals surface area contributed by atoms with Crippen LogP contribution in [0.2, 0.25) is 0 Å². The Bertz CT molecular complexity index is 1380. The Morgan fingerprint density at radius 2 is 1.90 bits per heavy atom. The Hall–Kier alpha value is -3.64. The molecule has 39 heavy (non-hydrogen) atoms. The first kappa shape index (κ1) is 28.4. The molecular weight excluding hydrogens is 529 g/mol. The number of Topliss-reactive ketones (excluding diaryl/α,β-unsaturated/α-hetero) is 1. The number of aromatic nitrogens is 1. The lowest BCUT2D eigenvalue weighted by Crippen LogP contribution is -2.34. The van der Waals surface area contributed by atoms with Crippen LogP contribution in [-0.2, 0) is 20.8 Å². The second kappa shape index (κ2) is 12.5. The second-order valence-corrected chi connectivity index (χ2v) is 11.0. The molecule has 3 aromatic rings. The highest BCUT2D eigenvalue weighted by Gasteiger charge is 2.27. The largest absolute Gasteiger partial charge is 0.473 e. The van der Waals surface area contributed by atoms with E-state index in [1.807, 2.05) is 6.92 Å². The number of carbonyl (C=O) groups excluding carboxylic acids is 2. The molecule has 0 unspecified atom stereocenters. The molecule has 208 valence electrons. The molecule has 2 aromatic heterocycles. The molecule has 3 N–H and O–H groups in total. The summed E-state index contributed by atoms with van der Waals surface area (Å²) in [6.45, 7) is 4.74. The van der Waals surface area contributed by atoms with E-state index in [-0.39, 0.29) is 17.5 Å². The molecule has 10 nitrogen and oxygen atoms in total. The summed E-state index contributed by atoms with van der Waals surface area (Å²) in [4.78, 5) is 47.7. The average Bonchev–Trinajstić information content (AvgIpc) is 3.39. The summed E-state index contributed by atoms with van der Waals surface area (Å²) >= 11 is 1.64. The zero-order chi connectivity index (χ0) is 28.1. The van der Waals surface area contributed by atoms with Crippen molar-refractivity contribution < 1.29 is 38.3 Å². The monoisotopic (exact) mass is 559 g/mol. The van der Waals surface area contributed by atoms with E-state index in [2.05, 4.69) is 15.4 Å². The quantitative estimate of drug-likeness (QED) is 0.291. The maximum Gasteiger partial charge on any atom is 0.414 e. The lowest BCUT2D eigenvalue weighted by atomic mass is 9.91. The summed E-state index contributed by atoms with van der Waals surface area (Å²) in [7, 11) is 0. The number of nitrogens with one attached hydrogen (secondary N) is 1. The fourth-order valence-corrected chi connectivity index (χ4v) is 6.29. The van der Waals surface area contributed by atoms with Crippen molar-refractivity contribution in [3.05, 3.63) is 45.0 Å². The molecule has 1 saturated heterocycles. The molecule has 2 aliphatic rings. The summed E-state index contributed by atoms with van der Waals surface area (Å²) in [6, 6.07) is 4.59. The van der Waals surface area contributed by atoms with Crippen molar-refractivity contribution in [3.63, 3.8) is 0 Å². The Balaban J connectivity index is 0.000000531. The number of halogens is 1. The number of fused-ring (bicyclic) bond motifs is 2. The molecule has 0 bridgehead atoms. The third kappa shape index (κ3) is 6.87. The summed E-state index contributed by atoms with van der Waals surface area (Å²) < 4.78 is 18.7. The molecule has 4 heterocycles. The number of likely N-dealkylation sites (tertiary alicyclic amines) is 1. The van der Waals surface area contributed by atoms with Crippen molar-refractivity contribution >= 4 is 51.6 Å². The third-order valence-corrected chi connectivity index (χ3v) is 8.17. The van der Waals surface area contributed by atoms with Crippen LogP contribution >= 0.6 is 11.3 Å². The molecule has 1 amide bonds. The second-order valence-electron chi connectivity index (χ2n) is 9.69. The van der Waals surface area contributed by atoms with Crippen LogP contribution in [0.25, 0.3) is 11.0 Å². The third-order valence-electron chi connectivity index (χ3n) is 7.01. The fourth-order valence-electron chi connectivity index (χ4n) is 5.10. The zero-order valence-corrected chi connectivity index (χ0v) is 22.3. The summed E-state index contributed by atoms with van der Waals surface area (Å²) in [6.07, 6.45) is 5.44. The lowest BCUT2D eigenvalue weighted by Gasteiger charge is -2.31. The van der Waals surface area contributed by atoms with Gasteiger partial charge < -0.3 is 25.0 Å². The Morgan fingerprint density at radius 3 is 2.59 bits per heavy atom. The molecule has 0 atom stereocenters. The van der Waals surface area contributed by atoms with Crippen LogP contribution in [0.3, 0.4) is 0 Å². The van der Waals surface area contributed by atoms with E-state index in [0.29, 0.717) is 24.3 Å². The van der Waals surface area contributed by atoms with Gasteiger partial charge in [-0.25, -0.2) is 14.0 Å². The van der Waals surface area contributed by atoms with Crippen LogP contribution in [0, 0.1) is 12.7 Å². The highest BCUT2D eigenvalue weighted by molar-refractivity contribution is 7.13. The number of benzene rings is 1. The molecule has 0 saturated carbocycles. The van der Waals surface area contributed by atoms with E-state index in [9.17, 15) is 14.0 Å². The predicted molar refractivity (Wildman–Crippen MR) is 142 cm³/mol. The smallest absolute Gasteiger partial charge is 0.414 e. The number of thiophene rings is 1. The van der Waals surface area contributed by atoms with Gasteiger partial charge >= 0.3 is 11.9 Å². The van der Waals surface area contributed by atoms with Gasteiger partial charge in [-0.2, -0.15) is 0 Å². The Morgan fingerprint density at radius 1 is 1.18 bits per heavy atom. The number of nitrogens with zero attached hydrogens (tertiary/aromatic N) is 2. The van der Waals surface area contributed by atoms with Crippen molar-refractivity contribution in [2.45, 2.75) is 57.8 Å². The number of hydrogen-bond donors (Lipinski definition) is 3. The Kier molecular flexibility index (Phi) is 9.08. The minimum atomic E-state index is -1.82. The first-order valence-corrected chi connectivity index (χ1v) is 13.6. The van der Waals surface area contributed by atoms with Gasteiger partial charge in [0.15, 0.2) is 11.4 Å². The van der Waals surface area contributed by atoms with E-state index in [4.69, 9.17) is 24.3 Å². The van der Waals surface area contributed by atoms with Crippen LogP contribution < -0.4 is 5.32 Å². The number of anilines is 1. The van der Waals surface area contributed by atoms with E-state index in [1.54, 1.807) is 17.4 Å². The van der Waals surface area contributed by atoms with Gasteiger partial charge in [-0.3, -0.25) is 9.59 Å². The average molecular weight is 560 g/mol. The molecule has 0 spiro atoms. The number of aliphatic carboxylic acids is 2. The van der Waals surface area contributed by atoms with Gasteiger partial charge in [0.25, 0.3) is 0 Å². The van der Waals surface area contributed by atoms with Crippen LogP contribution in [-0.4, -0.2) is 63.5 Å². The molecular formula is C27H30FN3O7S. The zero-order valence-electron chi connectivity index (χ0n) is 21.5. The molecule has 2 aliphatic heterocycles. The highest BCUT2D eigenvalue weighted by Crippen LogP contribution is 2.37. The number of rotatable bonds is 6. The first-order valence-electron chi connectivity index (χ1n) is 12.8. The van der Waals surface area contributed by atoms with Gasteiger partial charge in [-0.15, -0.1) is 11.3 Å². The minimum absolute atomic E-state index is 0.00787. The van der Waals surface area contributed by atoms with Crippen molar-refractivity contribution in [1.82, 2.24) is 10.1 Å². The van der Waals surface area contributed by atoms with E-state index in [1.165, 1.54) is 12.1 Å². The van der Waals surface area contributed by atoms with Crippen molar-refractivity contribution in [2.24, 2.45) is 0 Å². The number of amides is 1. The maximum absolute atomic E-state index is 13.4. The molecule has 5 rings (SSSR count). The summed E-state index contributed by atoms with van der Waals surface area (Å²) in [5.74, 6) is -3.52. The van der Waals surface area contributed by atoms with E-state index >= 15 is 0 Å². The van der Waals surface area contributed by atoms with Gasteiger partial charge in [0, 0.05) is 40.0 Å². The highest BCUT2D eigenvalue weighted by atomic mass is 32.1. The van der Waals surface area contributed by atoms with Crippen molar-refractivity contribution in [1.29, 1.82) is 0 Å². The van der Waals surface area contributed by atoms with Crippen LogP contribution in [0.4, 0.5) is 10.1 Å². The van der Waals surface area contributed by atoms with E-state index < -0.39 is 11.9 Å². The van der Waals surface area contributed by atoms with Gasteiger partial charge in [0.05, 0.1) is 16.9 Å². The first-order chi connectivity index (χ1) is 18.6. The van der Waals surface area contributed by atoms with Crippen LogP contribution in [0.1, 0.15) is 70.2 Å². The lowest BCUT2D eigenvalue weighted by molar-refractivity contribution is -0.159. The van der Waals surface area contributed by atoms with Crippen LogP contribution in [0.5, 0.6) is 0 Å².